The van der Waals surface area contributed by atoms with Crippen molar-refractivity contribution >= 4 is 17.5 Å². The van der Waals surface area contributed by atoms with Crippen molar-refractivity contribution in [3.63, 3.8) is 0 Å². The zero-order valence-electron chi connectivity index (χ0n) is 15.4. The van der Waals surface area contributed by atoms with Crippen molar-refractivity contribution in [3.05, 3.63) is 59.4 Å². The van der Waals surface area contributed by atoms with Gasteiger partial charge in [-0.2, -0.15) is 0 Å². The van der Waals surface area contributed by atoms with Crippen LogP contribution >= 0.6 is 0 Å². The molecule has 0 spiro atoms. The molecule has 0 radical (unpaired) electrons. The van der Waals surface area contributed by atoms with Crippen LogP contribution in [0.2, 0.25) is 0 Å². The molecule has 4 rings (SSSR count). The van der Waals surface area contributed by atoms with Gasteiger partial charge in [0.2, 0.25) is 5.91 Å². The first-order valence-electron chi connectivity index (χ1n) is 9.37. The Labute approximate surface area is 158 Å². The number of pyridine rings is 1. The first-order valence-corrected chi connectivity index (χ1v) is 9.37. The number of ether oxygens (including phenoxy) is 1. The minimum absolute atomic E-state index is 0.0949. The van der Waals surface area contributed by atoms with Crippen LogP contribution < -0.4 is 10.2 Å². The molecule has 27 heavy (non-hydrogen) atoms. The van der Waals surface area contributed by atoms with Crippen LogP contribution in [0.1, 0.15) is 46.9 Å². The molecule has 0 aliphatic carbocycles. The maximum atomic E-state index is 13.0. The van der Waals surface area contributed by atoms with E-state index < -0.39 is 6.04 Å². The van der Waals surface area contributed by atoms with Crippen molar-refractivity contribution in [2.24, 2.45) is 0 Å². The normalized spacial score (nSPS) is 21.4. The number of nitrogens with one attached hydrogen (secondary N) is 1. The van der Waals surface area contributed by atoms with Crippen LogP contribution in [-0.4, -0.2) is 36.1 Å². The maximum absolute atomic E-state index is 13.0. The van der Waals surface area contributed by atoms with E-state index in [4.69, 9.17) is 4.74 Å². The molecule has 0 unspecified atom stereocenters. The Bertz CT molecular complexity index is 861. The number of hydrogen-bond acceptors (Lipinski definition) is 4. The first-order chi connectivity index (χ1) is 13.1. The van der Waals surface area contributed by atoms with Crippen LogP contribution in [0, 0.1) is 6.92 Å². The molecule has 6 nitrogen and oxygen atoms in total. The second-order valence-corrected chi connectivity index (χ2v) is 7.11. The highest BCUT2D eigenvalue weighted by atomic mass is 16.5. The first kappa shape index (κ1) is 17.7. The monoisotopic (exact) mass is 365 g/mol. The number of amides is 2. The average Bonchev–Trinajstić information content (AvgIpc) is 3.28. The van der Waals surface area contributed by atoms with Gasteiger partial charge < -0.3 is 10.1 Å². The number of carbonyl (C=O) groups excluding carboxylic acids is 2. The SMILES string of the molecule is Cc1cccc(N2C(=O)c3cccnc3[C@H]2CC(=O)NC[C@@H]2CCCO2)c1. The van der Waals surface area contributed by atoms with E-state index in [9.17, 15) is 9.59 Å². The van der Waals surface area contributed by atoms with Gasteiger partial charge in [0.05, 0.1) is 29.8 Å². The van der Waals surface area contributed by atoms with Crippen LogP contribution in [0.4, 0.5) is 5.69 Å². The van der Waals surface area contributed by atoms with E-state index in [2.05, 4.69) is 10.3 Å². The smallest absolute Gasteiger partial charge is 0.260 e. The number of anilines is 1. The highest BCUT2D eigenvalue weighted by Crippen LogP contribution is 2.38. The van der Waals surface area contributed by atoms with Crippen LogP contribution in [0.25, 0.3) is 0 Å². The Morgan fingerprint density at radius 2 is 2.22 bits per heavy atom. The maximum Gasteiger partial charge on any atom is 0.260 e. The molecule has 1 N–H and O–H groups in total. The van der Waals surface area contributed by atoms with Gasteiger partial charge in [0.15, 0.2) is 0 Å². The third-order valence-corrected chi connectivity index (χ3v) is 5.12. The van der Waals surface area contributed by atoms with Crippen molar-refractivity contribution < 1.29 is 14.3 Å². The van der Waals surface area contributed by atoms with Crippen molar-refractivity contribution in [2.75, 3.05) is 18.1 Å². The molecule has 1 saturated heterocycles. The van der Waals surface area contributed by atoms with Gasteiger partial charge in [0.1, 0.15) is 0 Å². The second-order valence-electron chi connectivity index (χ2n) is 7.11. The topological polar surface area (TPSA) is 71.5 Å². The lowest BCUT2D eigenvalue weighted by molar-refractivity contribution is -0.121. The van der Waals surface area contributed by atoms with E-state index in [0.717, 1.165) is 30.7 Å². The molecule has 6 heteroatoms. The van der Waals surface area contributed by atoms with Crippen molar-refractivity contribution in [2.45, 2.75) is 38.3 Å². The van der Waals surface area contributed by atoms with Crippen LogP contribution in [0.5, 0.6) is 0 Å². The van der Waals surface area contributed by atoms with E-state index in [1.165, 1.54) is 0 Å². The molecule has 0 bridgehead atoms. The number of carbonyl (C=O) groups is 2. The van der Waals surface area contributed by atoms with Gasteiger partial charge in [-0.05, 0) is 49.6 Å². The number of benzene rings is 1. The number of hydrogen-bond donors (Lipinski definition) is 1. The molecule has 1 aromatic carbocycles. The van der Waals surface area contributed by atoms with Crippen LogP contribution in [0.15, 0.2) is 42.6 Å². The highest BCUT2D eigenvalue weighted by Gasteiger charge is 2.40. The van der Waals surface area contributed by atoms with E-state index >= 15 is 0 Å². The third kappa shape index (κ3) is 3.57. The van der Waals surface area contributed by atoms with Crippen LogP contribution in [-0.2, 0) is 9.53 Å². The largest absolute Gasteiger partial charge is 0.376 e. The fraction of sp³-hybridized carbons (Fsp3) is 0.381. The lowest BCUT2D eigenvalue weighted by atomic mass is 10.1. The summed E-state index contributed by atoms with van der Waals surface area (Å²) in [5.74, 6) is -0.208. The molecule has 0 saturated carbocycles. The fourth-order valence-corrected chi connectivity index (χ4v) is 3.80. The molecule has 140 valence electrons. The van der Waals surface area contributed by atoms with Gasteiger partial charge in [-0.1, -0.05) is 12.1 Å². The molecule has 1 aromatic heterocycles. The molecular weight excluding hydrogens is 342 g/mol. The Balaban J connectivity index is 1.56. The summed E-state index contributed by atoms with van der Waals surface area (Å²) in [7, 11) is 0. The summed E-state index contributed by atoms with van der Waals surface area (Å²) in [6, 6.07) is 10.9. The van der Waals surface area contributed by atoms with Crippen molar-refractivity contribution in [3.8, 4) is 0 Å². The molecule has 1 fully saturated rings. The number of nitrogens with zero attached hydrogens (tertiary/aromatic N) is 2. The minimum atomic E-state index is -0.403. The Morgan fingerprint density at radius 3 is 3.00 bits per heavy atom. The molecule has 2 aliphatic heterocycles. The molecule has 3 heterocycles. The van der Waals surface area contributed by atoms with Crippen LogP contribution in [0.3, 0.4) is 0 Å². The Morgan fingerprint density at radius 1 is 1.33 bits per heavy atom. The van der Waals surface area contributed by atoms with Gasteiger partial charge in [0.25, 0.3) is 5.91 Å². The van der Waals surface area contributed by atoms with Crippen molar-refractivity contribution in [1.29, 1.82) is 0 Å². The van der Waals surface area contributed by atoms with Gasteiger partial charge in [-0.25, -0.2) is 0 Å². The average molecular weight is 365 g/mol. The van der Waals surface area contributed by atoms with E-state index in [-0.39, 0.29) is 24.3 Å². The quantitative estimate of drug-likeness (QED) is 0.884. The lowest BCUT2D eigenvalue weighted by Gasteiger charge is -2.25. The van der Waals surface area contributed by atoms with Gasteiger partial charge in [-0.3, -0.25) is 19.5 Å². The summed E-state index contributed by atoms with van der Waals surface area (Å²) in [6.07, 6.45) is 3.95. The second kappa shape index (κ2) is 7.48. The predicted molar refractivity (Wildman–Crippen MR) is 102 cm³/mol. The summed E-state index contributed by atoms with van der Waals surface area (Å²) in [5.41, 5.74) is 3.08. The minimum Gasteiger partial charge on any atom is -0.376 e. The summed E-state index contributed by atoms with van der Waals surface area (Å²) in [5, 5.41) is 2.95. The summed E-state index contributed by atoms with van der Waals surface area (Å²) in [6.45, 7) is 3.26. The van der Waals surface area contributed by atoms with Crippen molar-refractivity contribution in [1.82, 2.24) is 10.3 Å². The van der Waals surface area contributed by atoms with E-state index in [1.807, 2.05) is 31.2 Å². The van der Waals surface area contributed by atoms with Gasteiger partial charge in [0, 0.05) is 25.0 Å². The lowest BCUT2D eigenvalue weighted by Crippen LogP contribution is -2.36. The number of fused-ring (bicyclic) bond motifs is 1. The fourth-order valence-electron chi connectivity index (χ4n) is 3.80. The summed E-state index contributed by atoms with van der Waals surface area (Å²) in [4.78, 5) is 31.7. The number of aromatic nitrogens is 1. The Hall–Kier alpha value is -2.73. The summed E-state index contributed by atoms with van der Waals surface area (Å²) < 4.78 is 5.56. The molecular formula is C21H23N3O3. The van der Waals surface area contributed by atoms with E-state index in [0.29, 0.717) is 17.8 Å². The molecule has 2 atom stereocenters. The zero-order chi connectivity index (χ0) is 18.8. The Kier molecular flexibility index (Phi) is 4.90. The van der Waals surface area contributed by atoms with E-state index in [1.54, 1.807) is 23.2 Å². The van der Waals surface area contributed by atoms with Gasteiger partial charge >= 0.3 is 0 Å². The van der Waals surface area contributed by atoms with Gasteiger partial charge in [-0.15, -0.1) is 0 Å². The number of rotatable bonds is 5. The molecule has 2 aromatic rings. The third-order valence-electron chi connectivity index (χ3n) is 5.12. The molecule has 2 aliphatic rings. The summed E-state index contributed by atoms with van der Waals surface area (Å²) >= 11 is 0. The standard InChI is InChI=1S/C21H23N3O3/c1-14-5-2-6-15(11-14)24-18(20-17(21(24)26)8-3-9-22-20)12-19(25)23-13-16-7-4-10-27-16/h2-3,5-6,8-9,11,16,18H,4,7,10,12-13H2,1H3,(H,23,25)/t16-,18+/m0/s1. The molecule has 2 amide bonds. The number of aryl methyl sites for hydroxylation is 1. The highest BCUT2D eigenvalue weighted by molar-refractivity contribution is 6.11. The zero-order valence-corrected chi connectivity index (χ0v) is 15.4. The predicted octanol–water partition coefficient (Wildman–Crippen LogP) is 2.78.